The standard InChI is InChI=1S/C28H21N3O5/c1-4-14-35-24-13-12-18(15-25(24)34-3)17-29-31-27(30-21-9-6-5-8-19(21)28(31)32)26-16-20-22(33-2)10-7-11-23(20)36-26/h1,5-13,15-17H,14H2,2-3H3. The fourth-order valence-electron chi connectivity index (χ4n) is 3.84. The summed E-state index contributed by atoms with van der Waals surface area (Å²) in [7, 11) is 3.12. The van der Waals surface area contributed by atoms with E-state index in [1.807, 2.05) is 24.3 Å². The number of methoxy groups -OCH3 is 2. The summed E-state index contributed by atoms with van der Waals surface area (Å²) in [5, 5.41) is 5.68. The first-order chi connectivity index (χ1) is 17.6. The molecule has 2 heterocycles. The highest BCUT2D eigenvalue weighted by Crippen LogP contribution is 2.33. The number of nitrogens with zero attached hydrogens (tertiary/aromatic N) is 3. The van der Waals surface area contributed by atoms with E-state index in [1.54, 1.807) is 49.6 Å². The third-order valence-corrected chi connectivity index (χ3v) is 5.54. The summed E-state index contributed by atoms with van der Waals surface area (Å²) in [6.45, 7) is 0.119. The van der Waals surface area contributed by atoms with E-state index in [4.69, 9.17) is 30.0 Å². The van der Waals surface area contributed by atoms with Gasteiger partial charge in [-0.05, 0) is 54.1 Å². The molecule has 0 bridgehead atoms. The normalized spacial score (nSPS) is 11.1. The predicted octanol–water partition coefficient (Wildman–Crippen LogP) is 4.72. The zero-order chi connectivity index (χ0) is 25.1. The Morgan fingerprint density at radius 1 is 1.00 bits per heavy atom. The first kappa shape index (κ1) is 22.7. The second-order valence-corrected chi connectivity index (χ2v) is 7.70. The molecule has 0 aliphatic carbocycles. The van der Waals surface area contributed by atoms with Crippen molar-refractivity contribution < 1.29 is 18.6 Å². The molecular weight excluding hydrogens is 458 g/mol. The van der Waals surface area contributed by atoms with Crippen molar-refractivity contribution in [3.63, 3.8) is 0 Å². The number of terminal acetylenes is 1. The van der Waals surface area contributed by atoms with Gasteiger partial charge >= 0.3 is 0 Å². The highest BCUT2D eigenvalue weighted by atomic mass is 16.5. The van der Waals surface area contributed by atoms with Crippen LogP contribution in [0.2, 0.25) is 0 Å². The van der Waals surface area contributed by atoms with Gasteiger partial charge in [0, 0.05) is 0 Å². The molecular formula is C28H21N3O5. The summed E-state index contributed by atoms with van der Waals surface area (Å²) >= 11 is 0. The number of hydrogen-bond acceptors (Lipinski definition) is 7. The van der Waals surface area contributed by atoms with Crippen molar-refractivity contribution in [2.75, 3.05) is 20.8 Å². The van der Waals surface area contributed by atoms with Crippen molar-refractivity contribution in [1.29, 1.82) is 0 Å². The zero-order valence-corrected chi connectivity index (χ0v) is 19.6. The van der Waals surface area contributed by atoms with Crippen LogP contribution in [0.3, 0.4) is 0 Å². The Kier molecular flexibility index (Phi) is 6.12. The number of furan rings is 1. The molecule has 0 amide bonds. The fourth-order valence-corrected chi connectivity index (χ4v) is 3.84. The smallest absolute Gasteiger partial charge is 0.282 e. The highest BCUT2D eigenvalue weighted by Gasteiger charge is 2.18. The minimum absolute atomic E-state index is 0.119. The second kappa shape index (κ2) is 9.68. The topological polar surface area (TPSA) is 88.1 Å². The summed E-state index contributed by atoms with van der Waals surface area (Å²) < 4.78 is 23.6. The van der Waals surface area contributed by atoms with Crippen LogP contribution in [0, 0.1) is 12.3 Å². The van der Waals surface area contributed by atoms with E-state index < -0.39 is 0 Å². The molecule has 36 heavy (non-hydrogen) atoms. The third-order valence-electron chi connectivity index (χ3n) is 5.54. The summed E-state index contributed by atoms with van der Waals surface area (Å²) in [6, 6.07) is 19.6. The average molecular weight is 479 g/mol. The molecule has 178 valence electrons. The van der Waals surface area contributed by atoms with Crippen LogP contribution in [0.5, 0.6) is 17.2 Å². The Morgan fingerprint density at radius 2 is 1.83 bits per heavy atom. The molecule has 5 rings (SSSR count). The molecule has 0 aliphatic rings. The number of rotatable bonds is 7. The monoisotopic (exact) mass is 479 g/mol. The van der Waals surface area contributed by atoms with Crippen LogP contribution >= 0.6 is 0 Å². The molecule has 0 fully saturated rings. The maximum absolute atomic E-state index is 13.5. The van der Waals surface area contributed by atoms with Crippen LogP contribution in [0.15, 0.2) is 81.0 Å². The molecule has 0 atom stereocenters. The van der Waals surface area contributed by atoms with E-state index >= 15 is 0 Å². The first-order valence-electron chi connectivity index (χ1n) is 11.0. The summed E-state index contributed by atoms with van der Waals surface area (Å²) in [5.74, 6) is 4.71. The lowest BCUT2D eigenvalue weighted by Gasteiger charge is -2.09. The van der Waals surface area contributed by atoms with Crippen LogP contribution in [0.25, 0.3) is 33.5 Å². The van der Waals surface area contributed by atoms with Gasteiger partial charge in [-0.25, -0.2) is 4.98 Å². The molecule has 0 radical (unpaired) electrons. The summed E-state index contributed by atoms with van der Waals surface area (Å²) in [4.78, 5) is 18.2. The van der Waals surface area contributed by atoms with E-state index in [1.165, 1.54) is 18.0 Å². The minimum Gasteiger partial charge on any atom is -0.496 e. The lowest BCUT2D eigenvalue weighted by atomic mass is 10.2. The van der Waals surface area contributed by atoms with Gasteiger partial charge in [0.25, 0.3) is 5.56 Å². The largest absolute Gasteiger partial charge is 0.496 e. The SMILES string of the molecule is C#CCOc1ccc(C=Nn2c(-c3cc4c(OC)cccc4o3)nc3ccccc3c2=O)cc1OC. The maximum atomic E-state index is 13.5. The molecule has 8 nitrogen and oxygen atoms in total. The van der Waals surface area contributed by atoms with Crippen molar-refractivity contribution in [2.45, 2.75) is 0 Å². The zero-order valence-electron chi connectivity index (χ0n) is 19.6. The Hall–Kier alpha value is -5.03. The van der Waals surface area contributed by atoms with Gasteiger partial charge in [0.2, 0.25) is 5.82 Å². The van der Waals surface area contributed by atoms with E-state index in [-0.39, 0.29) is 18.0 Å². The van der Waals surface area contributed by atoms with Gasteiger partial charge in [0.15, 0.2) is 17.3 Å². The second-order valence-electron chi connectivity index (χ2n) is 7.70. The molecule has 8 heteroatoms. The Morgan fingerprint density at radius 3 is 2.64 bits per heavy atom. The maximum Gasteiger partial charge on any atom is 0.282 e. The molecule has 3 aromatic carbocycles. The number of hydrogen-bond donors (Lipinski definition) is 0. The molecule has 0 spiro atoms. The molecule has 0 saturated carbocycles. The average Bonchev–Trinajstić information content (AvgIpc) is 3.36. The lowest BCUT2D eigenvalue weighted by Crippen LogP contribution is -2.20. The van der Waals surface area contributed by atoms with E-state index in [0.29, 0.717) is 45.1 Å². The van der Waals surface area contributed by atoms with Crippen molar-refractivity contribution >= 4 is 28.1 Å². The third kappa shape index (κ3) is 4.14. The van der Waals surface area contributed by atoms with Crippen molar-refractivity contribution in [3.05, 3.63) is 82.6 Å². The lowest BCUT2D eigenvalue weighted by molar-refractivity contribution is 0.331. The number of fused-ring (bicyclic) bond motifs is 2. The molecule has 5 aromatic rings. The molecule has 0 N–H and O–H groups in total. The molecule has 0 unspecified atom stereocenters. The molecule has 2 aromatic heterocycles. The summed E-state index contributed by atoms with van der Waals surface area (Å²) in [6.07, 6.45) is 6.82. The van der Waals surface area contributed by atoms with Gasteiger partial charge < -0.3 is 18.6 Å². The predicted molar refractivity (Wildman–Crippen MR) is 138 cm³/mol. The van der Waals surface area contributed by atoms with Crippen LogP contribution in [-0.4, -0.2) is 36.7 Å². The van der Waals surface area contributed by atoms with Gasteiger partial charge in [0.1, 0.15) is 17.9 Å². The number of benzene rings is 3. The van der Waals surface area contributed by atoms with Gasteiger partial charge in [-0.2, -0.15) is 9.78 Å². The van der Waals surface area contributed by atoms with E-state index in [0.717, 1.165) is 5.39 Å². The van der Waals surface area contributed by atoms with Crippen molar-refractivity contribution in [3.8, 4) is 41.2 Å². The Labute approximate surface area is 206 Å². The van der Waals surface area contributed by atoms with Crippen molar-refractivity contribution in [2.24, 2.45) is 5.10 Å². The van der Waals surface area contributed by atoms with E-state index in [9.17, 15) is 4.79 Å². The van der Waals surface area contributed by atoms with Gasteiger partial charge in [-0.15, -0.1) is 6.42 Å². The minimum atomic E-state index is -0.333. The van der Waals surface area contributed by atoms with Crippen LogP contribution in [0.4, 0.5) is 0 Å². The number of ether oxygens (including phenoxy) is 3. The van der Waals surface area contributed by atoms with Crippen LogP contribution in [-0.2, 0) is 0 Å². The number of para-hydroxylation sites is 1. The van der Waals surface area contributed by atoms with Crippen molar-refractivity contribution in [1.82, 2.24) is 9.66 Å². The van der Waals surface area contributed by atoms with Gasteiger partial charge in [-0.3, -0.25) is 4.79 Å². The van der Waals surface area contributed by atoms with Crippen LogP contribution in [0.1, 0.15) is 5.56 Å². The summed E-state index contributed by atoms with van der Waals surface area (Å²) in [5.41, 5.74) is 1.49. The van der Waals surface area contributed by atoms with Crippen LogP contribution < -0.4 is 19.8 Å². The quantitative estimate of drug-likeness (QED) is 0.248. The van der Waals surface area contributed by atoms with Gasteiger partial charge in [0.05, 0.1) is 36.7 Å². The van der Waals surface area contributed by atoms with Gasteiger partial charge in [-0.1, -0.05) is 24.1 Å². The molecule has 0 aliphatic heterocycles. The Bertz CT molecular complexity index is 1710. The highest BCUT2D eigenvalue weighted by molar-refractivity contribution is 5.88. The Balaban J connectivity index is 1.65. The van der Waals surface area contributed by atoms with E-state index in [2.05, 4.69) is 11.0 Å². The number of aromatic nitrogens is 2. The fraction of sp³-hybridized carbons (Fsp3) is 0.107. The molecule has 0 saturated heterocycles. The first-order valence-corrected chi connectivity index (χ1v) is 11.0.